The Balaban J connectivity index is 2.49. The molecule has 0 fully saturated rings. The minimum Gasteiger partial charge on any atom is -0.324 e. The average molecular weight is 318 g/mol. The first-order valence-electron chi connectivity index (χ1n) is 5.38. The highest BCUT2D eigenvalue weighted by Gasteiger charge is 2.31. The van der Waals surface area contributed by atoms with Crippen molar-refractivity contribution < 1.29 is 13.2 Å². The Morgan fingerprint density at radius 1 is 1.06 bits per heavy atom. The minimum absolute atomic E-state index is 0.520. The molecule has 5 heteroatoms. The summed E-state index contributed by atoms with van der Waals surface area (Å²) in [5.74, 6) is 0. The number of halogens is 4. The molecule has 0 heterocycles. The molecule has 18 heavy (non-hydrogen) atoms. The van der Waals surface area contributed by atoms with Gasteiger partial charge in [-0.2, -0.15) is 13.2 Å². The van der Waals surface area contributed by atoms with Gasteiger partial charge in [0.15, 0.2) is 0 Å². The monoisotopic (exact) mass is 317 g/mol. The summed E-state index contributed by atoms with van der Waals surface area (Å²) in [4.78, 5) is 0. The molecule has 1 unspecified atom stereocenters. The van der Waals surface area contributed by atoms with Crippen LogP contribution in [0.2, 0.25) is 0 Å². The van der Waals surface area contributed by atoms with Gasteiger partial charge in [-0.05, 0) is 22.4 Å². The van der Waals surface area contributed by atoms with Gasteiger partial charge in [-0.15, -0.1) is 0 Å². The summed E-state index contributed by atoms with van der Waals surface area (Å²) in [6.07, 6.45) is -5.27. The molecular weight excluding hydrogens is 307 g/mol. The van der Waals surface area contributed by atoms with Crippen LogP contribution in [-0.2, 0) is 0 Å². The fourth-order valence-corrected chi connectivity index (χ4v) is 2.45. The Bertz CT molecular complexity index is 566. The second-order valence-corrected chi connectivity index (χ2v) is 4.96. The minimum atomic E-state index is -4.26. The fraction of sp³-hybridized carbons (Fsp3) is 0.231. The van der Waals surface area contributed by atoms with Crippen molar-refractivity contribution in [3.8, 4) is 0 Å². The van der Waals surface area contributed by atoms with Crippen LogP contribution >= 0.6 is 15.9 Å². The summed E-state index contributed by atoms with van der Waals surface area (Å²) < 4.78 is 38.0. The summed E-state index contributed by atoms with van der Waals surface area (Å²) in [6, 6.07) is 9.60. The third-order valence-electron chi connectivity index (χ3n) is 2.76. The third kappa shape index (κ3) is 2.84. The Labute approximate surface area is 111 Å². The van der Waals surface area contributed by atoms with Crippen molar-refractivity contribution in [3.05, 3.63) is 46.4 Å². The zero-order valence-electron chi connectivity index (χ0n) is 9.34. The lowest BCUT2D eigenvalue weighted by Crippen LogP contribution is -2.20. The molecule has 96 valence electrons. The van der Waals surface area contributed by atoms with Gasteiger partial charge in [0.05, 0.1) is 6.42 Å². The van der Waals surface area contributed by atoms with E-state index in [-0.39, 0.29) is 0 Å². The second kappa shape index (κ2) is 4.90. The Morgan fingerprint density at radius 2 is 1.67 bits per heavy atom. The number of alkyl halides is 3. The molecule has 0 saturated carbocycles. The Morgan fingerprint density at radius 3 is 2.28 bits per heavy atom. The molecule has 0 saturated heterocycles. The molecular formula is C13H11BrF3N. The summed E-state index contributed by atoms with van der Waals surface area (Å²) in [5, 5.41) is 1.62. The van der Waals surface area contributed by atoms with Crippen molar-refractivity contribution in [3.63, 3.8) is 0 Å². The molecule has 0 radical (unpaired) electrons. The summed E-state index contributed by atoms with van der Waals surface area (Å²) >= 11 is 3.38. The number of hydrogen-bond acceptors (Lipinski definition) is 1. The zero-order valence-corrected chi connectivity index (χ0v) is 10.9. The van der Waals surface area contributed by atoms with E-state index in [1.54, 1.807) is 24.3 Å². The van der Waals surface area contributed by atoms with Crippen LogP contribution in [0.25, 0.3) is 10.8 Å². The lowest BCUT2D eigenvalue weighted by atomic mass is 9.97. The summed E-state index contributed by atoms with van der Waals surface area (Å²) in [6.45, 7) is 0. The molecule has 2 aromatic carbocycles. The summed E-state index contributed by atoms with van der Waals surface area (Å²) in [7, 11) is 0. The maximum Gasteiger partial charge on any atom is 0.390 e. The third-order valence-corrected chi connectivity index (χ3v) is 3.45. The first-order valence-corrected chi connectivity index (χ1v) is 6.17. The Hall–Kier alpha value is -1.07. The van der Waals surface area contributed by atoms with E-state index < -0.39 is 18.6 Å². The van der Waals surface area contributed by atoms with E-state index in [0.717, 1.165) is 15.2 Å². The molecule has 1 atom stereocenters. The number of benzene rings is 2. The van der Waals surface area contributed by atoms with Gasteiger partial charge in [-0.25, -0.2) is 0 Å². The van der Waals surface area contributed by atoms with Crippen LogP contribution in [-0.4, -0.2) is 6.18 Å². The quantitative estimate of drug-likeness (QED) is 0.863. The largest absolute Gasteiger partial charge is 0.390 e. The highest BCUT2D eigenvalue weighted by Crippen LogP contribution is 2.34. The molecule has 0 aliphatic carbocycles. The van der Waals surface area contributed by atoms with Gasteiger partial charge < -0.3 is 5.73 Å². The van der Waals surface area contributed by atoms with Crippen LogP contribution in [0.1, 0.15) is 18.0 Å². The number of rotatable bonds is 2. The van der Waals surface area contributed by atoms with Crippen LogP contribution in [0, 0.1) is 0 Å². The average Bonchev–Trinajstić information content (AvgIpc) is 2.27. The van der Waals surface area contributed by atoms with Gasteiger partial charge in [0.2, 0.25) is 0 Å². The van der Waals surface area contributed by atoms with Gasteiger partial charge in [-0.1, -0.05) is 46.3 Å². The van der Waals surface area contributed by atoms with E-state index in [2.05, 4.69) is 15.9 Å². The lowest BCUT2D eigenvalue weighted by molar-refractivity contribution is -0.138. The normalized spacial score (nSPS) is 13.8. The molecule has 0 spiro atoms. The van der Waals surface area contributed by atoms with Gasteiger partial charge in [0, 0.05) is 10.5 Å². The number of fused-ring (bicyclic) bond motifs is 1. The van der Waals surface area contributed by atoms with E-state index in [9.17, 15) is 13.2 Å². The van der Waals surface area contributed by atoms with E-state index in [1.807, 2.05) is 12.1 Å². The maximum atomic E-state index is 12.4. The molecule has 0 aliphatic rings. The van der Waals surface area contributed by atoms with Gasteiger partial charge in [0.1, 0.15) is 0 Å². The van der Waals surface area contributed by atoms with E-state index in [4.69, 9.17) is 5.73 Å². The van der Waals surface area contributed by atoms with Crippen molar-refractivity contribution >= 4 is 26.7 Å². The molecule has 1 nitrogen and oxygen atoms in total. The fourth-order valence-electron chi connectivity index (χ4n) is 1.97. The van der Waals surface area contributed by atoms with Gasteiger partial charge in [0.25, 0.3) is 0 Å². The molecule has 0 amide bonds. The highest BCUT2D eigenvalue weighted by atomic mass is 79.9. The Kier molecular flexibility index (Phi) is 3.64. The SMILES string of the molecule is NC(CC(F)(F)F)c1ccc(Br)c2ccccc12. The first-order chi connectivity index (χ1) is 8.38. The lowest BCUT2D eigenvalue weighted by Gasteiger charge is -2.17. The van der Waals surface area contributed by atoms with Crippen molar-refractivity contribution in [2.75, 3.05) is 0 Å². The second-order valence-electron chi connectivity index (χ2n) is 4.11. The van der Waals surface area contributed by atoms with E-state index >= 15 is 0 Å². The van der Waals surface area contributed by atoms with Gasteiger partial charge in [-0.3, -0.25) is 0 Å². The number of nitrogens with two attached hydrogens (primary N) is 1. The maximum absolute atomic E-state index is 12.4. The molecule has 2 aromatic rings. The smallest absolute Gasteiger partial charge is 0.324 e. The summed E-state index contributed by atoms with van der Waals surface area (Å²) in [5.41, 5.74) is 6.18. The van der Waals surface area contributed by atoms with E-state index in [0.29, 0.717) is 5.56 Å². The zero-order chi connectivity index (χ0) is 13.3. The van der Waals surface area contributed by atoms with Crippen molar-refractivity contribution in [2.45, 2.75) is 18.6 Å². The predicted octanol–water partition coefficient (Wildman–Crippen LogP) is 4.55. The van der Waals surface area contributed by atoms with E-state index in [1.165, 1.54) is 0 Å². The van der Waals surface area contributed by atoms with Crippen molar-refractivity contribution in [1.29, 1.82) is 0 Å². The van der Waals surface area contributed by atoms with Crippen LogP contribution in [0.5, 0.6) is 0 Å². The van der Waals surface area contributed by atoms with Crippen LogP contribution in [0.4, 0.5) is 13.2 Å². The number of hydrogen-bond donors (Lipinski definition) is 1. The molecule has 0 aromatic heterocycles. The molecule has 2 rings (SSSR count). The first kappa shape index (κ1) is 13.4. The predicted molar refractivity (Wildman–Crippen MR) is 69.2 cm³/mol. The molecule has 0 bridgehead atoms. The van der Waals surface area contributed by atoms with Gasteiger partial charge >= 0.3 is 6.18 Å². The molecule has 0 aliphatic heterocycles. The molecule has 2 N–H and O–H groups in total. The highest BCUT2D eigenvalue weighted by molar-refractivity contribution is 9.10. The van der Waals surface area contributed by atoms with Crippen LogP contribution in [0.3, 0.4) is 0 Å². The van der Waals surface area contributed by atoms with Crippen LogP contribution < -0.4 is 5.73 Å². The van der Waals surface area contributed by atoms with Crippen molar-refractivity contribution in [2.24, 2.45) is 5.73 Å². The van der Waals surface area contributed by atoms with Crippen LogP contribution in [0.15, 0.2) is 40.9 Å². The standard InChI is InChI=1S/C13H11BrF3N/c14-11-6-5-10(12(18)7-13(15,16)17)8-3-1-2-4-9(8)11/h1-6,12H,7,18H2. The van der Waals surface area contributed by atoms with Crippen molar-refractivity contribution in [1.82, 2.24) is 0 Å². The topological polar surface area (TPSA) is 26.0 Å².